The minimum absolute atomic E-state index is 0.147. The van der Waals surface area contributed by atoms with Crippen LogP contribution in [0.15, 0.2) is 76.6 Å². The lowest BCUT2D eigenvalue weighted by Gasteiger charge is -2.59. The Hall–Kier alpha value is -3.01. The molecule has 0 radical (unpaired) electrons. The first-order valence-corrected chi connectivity index (χ1v) is 13.3. The van der Waals surface area contributed by atoms with Gasteiger partial charge in [0, 0.05) is 11.1 Å². The van der Waals surface area contributed by atoms with Crippen molar-refractivity contribution in [2.75, 3.05) is 0 Å². The first-order valence-electron chi connectivity index (χ1n) is 13.3. The van der Waals surface area contributed by atoms with Gasteiger partial charge in [-0.15, -0.1) is 0 Å². The van der Waals surface area contributed by atoms with Crippen molar-refractivity contribution in [3.63, 3.8) is 0 Å². The van der Waals surface area contributed by atoms with E-state index in [4.69, 9.17) is 0 Å². The van der Waals surface area contributed by atoms with Gasteiger partial charge >= 0.3 is 0 Å². The van der Waals surface area contributed by atoms with Gasteiger partial charge in [-0.05, 0) is 78.6 Å². The van der Waals surface area contributed by atoms with E-state index in [-0.39, 0.29) is 30.1 Å². The van der Waals surface area contributed by atoms with E-state index in [9.17, 15) is 19.5 Å². The highest BCUT2D eigenvalue weighted by Gasteiger charge is 2.74. The monoisotopic (exact) mass is 502 g/mol. The summed E-state index contributed by atoms with van der Waals surface area (Å²) in [6, 6.07) is 8.68. The highest BCUT2D eigenvalue weighted by atomic mass is 16.3. The topological polar surface area (TPSA) is 71.4 Å². The largest absolute Gasteiger partial charge is 0.511 e. The molecule has 0 aromatic heterocycles. The van der Waals surface area contributed by atoms with Crippen molar-refractivity contribution in [1.29, 1.82) is 0 Å². The van der Waals surface area contributed by atoms with E-state index >= 15 is 0 Å². The van der Waals surface area contributed by atoms with E-state index in [1.54, 1.807) is 24.3 Å². The zero-order chi connectivity index (χ0) is 27.8. The lowest BCUT2D eigenvalue weighted by molar-refractivity contribution is -0.164. The van der Waals surface area contributed by atoms with Crippen LogP contribution in [0.4, 0.5) is 0 Å². The van der Waals surface area contributed by atoms with Gasteiger partial charge < -0.3 is 5.11 Å². The van der Waals surface area contributed by atoms with Crippen LogP contribution >= 0.6 is 0 Å². The molecule has 0 heterocycles. The Labute approximate surface area is 222 Å². The maximum atomic E-state index is 14.8. The number of allylic oxidation sites excluding steroid dienone is 8. The first kappa shape index (κ1) is 28.6. The number of hydrogen-bond acceptors (Lipinski definition) is 4. The molecule has 198 valence electrons. The lowest BCUT2D eigenvalue weighted by atomic mass is 9.39. The molecule has 1 saturated carbocycles. The number of ketones is 3. The summed E-state index contributed by atoms with van der Waals surface area (Å²) in [4.78, 5) is 43.9. The number of carbonyl (C=O) groups is 3. The fourth-order valence-corrected chi connectivity index (χ4v) is 6.16. The van der Waals surface area contributed by atoms with Gasteiger partial charge in [0.2, 0.25) is 0 Å². The van der Waals surface area contributed by atoms with Gasteiger partial charge in [0.25, 0.3) is 0 Å². The highest BCUT2D eigenvalue weighted by Crippen LogP contribution is 2.66. The van der Waals surface area contributed by atoms with E-state index in [1.807, 2.05) is 73.6 Å². The molecular weight excluding hydrogens is 460 g/mol. The van der Waals surface area contributed by atoms with Crippen LogP contribution < -0.4 is 0 Å². The number of hydrogen-bond donors (Lipinski definition) is 1. The predicted octanol–water partition coefficient (Wildman–Crippen LogP) is 7.92. The van der Waals surface area contributed by atoms with Crippen LogP contribution in [0, 0.1) is 22.2 Å². The third kappa shape index (κ3) is 4.60. The SMILES string of the molecule is CC(C)=CCC1=C(O)[C@]2(CC=C(C)C)C[C@@H](CC=C(C)C)C(C)(C)[C@@](C(=O)c3ccccc3)(C1=O)C2=O. The van der Waals surface area contributed by atoms with Gasteiger partial charge in [-0.2, -0.15) is 0 Å². The third-order valence-corrected chi connectivity index (χ3v) is 8.47. The number of rotatable bonds is 8. The zero-order valence-corrected chi connectivity index (χ0v) is 23.7. The van der Waals surface area contributed by atoms with Gasteiger partial charge in [0.15, 0.2) is 22.8 Å². The molecule has 0 saturated heterocycles. The second kappa shape index (κ2) is 10.4. The smallest absolute Gasteiger partial charge is 0.184 e. The molecular formula is C33H42O4. The lowest BCUT2D eigenvalue weighted by Crippen LogP contribution is -2.69. The van der Waals surface area contributed by atoms with Crippen molar-refractivity contribution >= 4 is 17.3 Å². The normalized spacial score (nSPS) is 26.4. The van der Waals surface area contributed by atoms with Gasteiger partial charge in [0.1, 0.15) is 5.76 Å². The molecule has 2 aliphatic rings. The predicted molar refractivity (Wildman–Crippen MR) is 149 cm³/mol. The Morgan fingerprint density at radius 1 is 0.919 bits per heavy atom. The number of aliphatic hydroxyl groups is 1. The molecule has 3 rings (SSSR count). The average molecular weight is 503 g/mol. The average Bonchev–Trinajstić information content (AvgIpc) is 2.82. The van der Waals surface area contributed by atoms with Crippen LogP contribution in [0.1, 0.15) is 91.4 Å². The van der Waals surface area contributed by atoms with Gasteiger partial charge in [-0.3, -0.25) is 14.4 Å². The summed E-state index contributed by atoms with van der Waals surface area (Å²) in [7, 11) is 0. The fraction of sp³-hybridized carbons (Fsp3) is 0.485. The van der Waals surface area contributed by atoms with Gasteiger partial charge in [-0.1, -0.05) is 79.1 Å². The summed E-state index contributed by atoms with van der Waals surface area (Å²) in [5.74, 6) is -1.77. The number of benzene rings is 1. The summed E-state index contributed by atoms with van der Waals surface area (Å²) in [6.45, 7) is 15.6. The quantitative estimate of drug-likeness (QED) is 0.223. The van der Waals surface area contributed by atoms with Crippen LogP contribution in [0.2, 0.25) is 0 Å². The molecule has 1 N–H and O–H groups in total. The van der Waals surface area contributed by atoms with Crippen LogP contribution in [0.3, 0.4) is 0 Å². The first-order chi connectivity index (χ1) is 17.2. The summed E-state index contributed by atoms with van der Waals surface area (Å²) >= 11 is 0. The molecule has 1 aromatic carbocycles. The molecule has 4 heteroatoms. The van der Waals surface area contributed by atoms with E-state index in [1.165, 1.54) is 0 Å². The van der Waals surface area contributed by atoms with Crippen LogP contribution in [-0.2, 0) is 9.59 Å². The van der Waals surface area contributed by atoms with Crippen molar-refractivity contribution < 1.29 is 19.5 Å². The Kier molecular flexibility index (Phi) is 8.02. The maximum absolute atomic E-state index is 14.8. The Morgan fingerprint density at radius 2 is 1.49 bits per heavy atom. The molecule has 4 nitrogen and oxygen atoms in total. The fourth-order valence-electron chi connectivity index (χ4n) is 6.16. The Bertz CT molecular complexity index is 1210. The summed E-state index contributed by atoms with van der Waals surface area (Å²) < 4.78 is 0. The van der Waals surface area contributed by atoms with E-state index in [2.05, 4.69) is 6.08 Å². The maximum Gasteiger partial charge on any atom is 0.184 e. The molecule has 37 heavy (non-hydrogen) atoms. The van der Waals surface area contributed by atoms with Gasteiger partial charge in [-0.25, -0.2) is 0 Å². The Balaban J connectivity index is 2.45. The summed E-state index contributed by atoms with van der Waals surface area (Å²) in [5, 5.41) is 11.8. The number of Topliss-reactive ketones (excluding diaryl/α,β-unsaturated/α-hetero) is 3. The van der Waals surface area contributed by atoms with Crippen molar-refractivity contribution in [1.82, 2.24) is 0 Å². The summed E-state index contributed by atoms with van der Waals surface area (Å²) in [6.07, 6.45) is 7.41. The molecule has 0 aliphatic heterocycles. The molecule has 0 spiro atoms. The van der Waals surface area contributed by atoms with Crippen molar-refractivity contribution in [3.05, 3.63) is 82.2 Å². The standard InChI is InChI=1S/C33H42O4/c1-21(2)14-16-25-20-32(19-18-23(5)6)28(35)26(17-15-22(3)4)29(36)33(30(32)37,31(25,7)8)27(34)24-12-10-9-11-13-24/h9-15,18,25,35H,16-17,19-20H2,1-8H3/t25-,32+,33+/m1/s1. The third-order valence-electron chi connectivity index (χ3n) is 8.47. The molecule has 0 unspecified atom stereocenters. The van der Waals surface area contributed by atoms with Crippen LogP contribution in [-0.4, -0.2) is 22.5 Å². The van der Waals surface area contributed by atoms with E-state index < -0.39 is 33.6 Å². The molecule has 1 fully saturated rings. The molecule has 2 aliphatic carbocycles. The molecule has 2 bridgehead atoms. The van der Waals surface area contributed by atoms with E-state index in [0.29, 0.717) is 18.4 Å². The van der Waals surface area contributed by atoms with Gasteiger partial charge in [0.05, 0.1) is 5.41 Å². The number of aliphatic hydroxyl groups excluding tert-OH is 1. The van der Waals surface area contributed by atoms with Crippen molar-refractivity contribution in [2.24, 2.45) is 22.2 Å². The molecule has 0 amide bonds. The second-order valence-corrected chi connectivity index (χ2v) is 12.1. The van der Waals surface area contributed by atoms with Crippen molar-refractivity contribution in [3.8, 4) is 0 Å². The molecule has 3 atom stereocenters. The minimum atomic E-state index is -1.92. The second-order valence-electron chi connectivity index (χ2n) is 12.1. The van der Waals surface area contributed by atoms with Crippen LogP contribution in [0.25, 0.3) is 0 Å². The van der Waals surface area contributed by atoms with Crippen molar-refractivity contribution in [2.45, 2.75) is 81.1 Å². The zero-order valence-electron chi connectivity index (χ0n) is 23.7. The van der Waals surface area contributed by atoms with Crippen LogP contribution in [0.5, 0.6) is 0 Å². The minimum Gasteiger partial charge on any atom is -0.511 e. The molecule has 1 aromatic rings. The summed E-state index contributed by atoms with van der Waals surface area (Å²) in [5.41, 5.74) is -0.517. The number of carbonyl (C=O) groups excluding carboxylic acids is 3. The highest BCUT2D eigenvalue weighted by molar-refractivity contribution is 6.36. The number of fused-ring (bicyclic) bond motifs is 2. The van der Waals surface area contributed by atoms with E-state index in [0.717, 1.165) is 16.7 Å². The Morgan fingerprint density at radius 3 is 2.03 bits per heavy atom.